The standard InChI is InChI=1S/C19H17NO3/c1-13-8-9-16(10-14(13)2)19(21)22-12-18-20-11-17(23-18)15-6-4-3-5-7-15/h3-11H,12H2,1-2H3. The molecule has 1 heterocycles. The van der Waals surface area contributed by atoms with Gasteiger partial charge in [-0.15, -0.1) is 0 Å². The maximum atomic E-state index is 12.1. The third-order valence-electron chi connectivity index (χ3n) is 3.68. The van der Waals surface area contributed by atoms with E-state index in [1.807, 2.05) is 56.3 Å². The van der Waals surface area contributed by atoms with Crippen molar-refractivity contribution in [1.82, 2.24) is 4.98 Å². The smallest absolute Gasteiger partial charge is 0.338 e. The molecule has 3 rings (SSSR count). The van der Waals surface area contributed by atoms with E-state index in [0.29, 0.717) is 17.2 Å². The monoisotopic (exact) mass is 307 g/mol. The minimum atomic E-state index is -0.382. The fraction of sp³-hybridized carbons (Fsp3) is 0.158. The Balaban J connectivity index is 1.65. The van der Waals surface area contributed by atoms with Crippen molar-refractivity contribution in [3.05, 3.63) is 77.3 Å². The van der Waals surface area contributed by atoms with Crippen LogP contribution in [0, 0.1) is 13.8 Å². The summed E-state index contributed by atoms with van der Waals surface area (Å²) in [6.45, 7) is 3.98. The van der Waals surface area contributed by atoms with Gasteiger partial charge in [-0.1, -0.05) is 36.4 Å². The second kappa shape index (κ2) is 6.48. The predicted molar refractivity (Wildman–Crippen MR) is 87.0 cm³/mol. The van der Waals surface area contributed by atoms with Crippen LogP contribution in [0.15, 0.2) is 59.1 Å². The van der Waals surface area contributed by atoms with E-state index >= 15 is 0 Å². The number of esters is 1. The molecular formula is C19H17NO3. The van der Waals surface area contributed by atoms with Crippen molar-refractivity contribution >= 4 is 5.97 Å². The second-order valence-electron chi connectivity index (χ2n) is 5.36. The Morgan fingerprint density at radius 2 is 1.87 bits per heavy atom. The van der Waals surface area contributed by atoms with Crippen LogP contribution in [0.2, 0.25) is 0 Å². The van der Waals surface area contributed by atoms with Gasteiger partial charge in [-0.25, -0.2) is 9.78 Å². The molecule has 2 aromatic carbocycles. The maximum absolute atomic E-state index is 12.1. The summed E-state index contributed by atoms with van der Waals surface area (Å²) in [6, 6.07) is 15.2. The summed E-state index contributed by atoms with van der Waals surface area (Å²) in [5, 5.41) is 0. The molecule has 0 saturated carbocycles. The molecule has 0 aliphatic carbocycles. The van der Waals surface area contributed by atoms with Gasteiger partial charge in [-0.05, 0) is 37.1 Å². The summed E-state index contributed by atoms with van der Waals surface area (Å²) in [5.74, 6) is 0.649. The van der Waals surface area contributed by atoms with Crippen LogP contribution < -0.4 is 0 Å². The van der Waals surface area contributed by atoms with Crippen LogP contribution in [0.3, 0.4) is 0 Å². The highest BCUT2D eigenvalue weighted by Gasteiger charge is 2.11. The number of rotatable bonds is 4. The van der Waals surface area contributed by atoms with Gasteiger partial charge in [0.15, 0.2) is 12.4 Å². The highest BCUT2D eigenvalue weighted by Crippen LogP contribution is 2.20. The first-order valence-electron chi connectivity index (χ1n) is 7.38. The third kappa shape index (κ3) is 3.48. The molecule has 0 aliphatic heterocycles. The first kappa shape index (κ1) is 15.0. The Morgan fingerprint density at radius 3 is 2.61 bits per heavy atom. The lowest BCUT2D eigenvalue weighted by Gasteiger charge is -2.05. The van der Waals surface area contributed by atoms with E-state index in [9.17, 15) is 4.79 Å². The Kier molecular flexibility index (Phi) is 4.24. The van der Waals surface area contributed by atoms with Gasteiger partial charge >= 0.3 is 5.97 Å². The fourth-order valence-electron chi connectivity index (χ4n) is 2.19. The molecular weight excluding hydrogens is 290 g/mol. The number of aromatic nitrogens is 1. The molecule has 23 heavy (non-hydrogen) atoms. The zero-order valence-corrected chi connectivity index (χ0v) is 13.1. The topological polar surface area (TPSA) is 52.3 Å². The Hall–Kier alpha value is -2.88. The van der Waals surface area contributed by atoms with Gasteiger partial charge < -0.3 is 9.15 Å². The van der Waals surface area contributed by atoms with Gasteiger partial charge in [0, 0.05) is 5.56 Å². The summed E-state index contributed by atoms with van der Waals surface area (Å²) in [4.78, 5) is 16.2. The lowest BCUT2D eigenvalue weighted by Crippen LogP contribution is -2.06. The number of oxazole rings is 1. The number of nitrogens with zero attached hydrogens (tertiary/aromatic N) is 1. The predicted octanol–water partition coefficient (Wildman–Crippen LogP) is 4.32. The van der Waals surface area contributed by atoms with Gasteiger partial charge in [0.2, 0.25) is 5.89 Å². The van der Waals surface area contributed by atoms with E-state index < -0.39 is 0 Å². The molecule has 1 aromatic heterocycles. The Morgan fingerprint density at radius 1 is 1.09 bits per heavy atom. The molecule has 4 nitrogen and oxygen atoms in total. The van der Waals surface area contributed by atoms with E-state index in [4.69, 9.17) is 9.15 Å². The van der Waals surface area contributed by atoms with Crippen molar-refractivity contribution < 1.29 is 13.9 Å². The molecule has 0 atom stereocenters. The fourth-order valence-corrected chi connectivity index (χ4v) is 2.19. The molecule has 116 valence electrons. The summed E-state index contributed by atoms with van der Waals surface area (Å²) >= 11 is 0. The zero-order chi connectivity index (χ0) is 16.2. The van der Waals surface area contributed by atoms with E-state index in [1.54, 1.807) is 12.3 Å². The zero-order valence-electron chi connectivity index (χ0n) is 13.1. The Labute approximate surface area is 134 Å². The summed E-state index contributed by atoms with van der Waals surface area (Å²) in [6.07, 6.45) is 1.63. The molecule has 0 fully saturated rings. The van der Waals surface area contributed by atoms with Crippen LogP contribution in [0.25, 0.3) is 11.3 Å². The van der Waals surface area contributed by atoms with Crippen molar-refractivity contribution in [3.63, 3.8) is 0 Å². The molecule has 0 N–H and O–H groups in total. The summed E-state index contributed by atoms with van der Waals surface area (Å²) in [7, 11) is 0. The number of ether oxygens (including phenoxy) is 1. The molecule has 0 unspecified atom stereocenters. The van der Waals surface area contributed by atoms with Gasteiger partial charge in [0.05, 0.1) is 11.8 Å². The summed E-state index contributed by atoms with van der Waals surface area (Å²) in [5.41, 5.74) is 3.67. The van der Waals surface area contributed by atoms with Crippen molar-refractivity contribution in [2.75, 3.05) is 0 Å². The molecule has 0 saturated heterocycles. The molecule has 3 aromatic rings. The van der Waals surface area contributed by atoms with E-state index in [2.05, 4.69) is 4.98 Å². The van der Waals surface area contributed by atoms with Crippen LogP contribution in [0.1, 0.15) is 27.4 Å². The molecule has 4 heteroatoms. The third-order valence-corrected chi connectivity index (χ3v) is 3.68. The van der Waals surface area contributed by atoms with Crippen LogP contribution in [-0.4, -0.2) is 11.0 Å². The molecule has 0 aliphatic rings. The van der Waals surface area contributed by atoms with Crippen molar-refractivity contribution in [2.45, 2.75) is 20.5 Å². The minimum absolute atomic E-state index is 0.0125. The van der Waals surface area contributed by atoms with E-state index in [0.717, 1.165) is 16.7 Å². The highest BCUT2D eigenvalue weighted by molar-refractivity contribution is 5.89. The quantitative estimate of drug-likeness (QED) is 0.674. The van der Waals surface area contributed by atoms with Crippen molar-refractivity contribution in [3.8, 4) is 11.3 Å². The average Bonchev–Trinajstić information content (AvgIpc) is 3.05. The van der Waals surface area contributed by atoms with E-state index in [-0.39, 0.29) is 12.6 Å². The lowest BCUT2D eigenvalue weighted by atomic mass is 10.1. The number of benzene rings is 2. The summed E-state index contributed by atoms with van der Waals surface area (Å²) < 4.78 is 10.9. The first-order valence-corrected chi connectivity index (χ1v) is 7.38. The maximum Gasteiger partial charge on any atom is 0.338 e. The van der Waals surface area contributed by atoms with Gasteiger partial charge in [0.1, 0.15) is 0 Å². The normalized spacial score (nSPS) is 10.5. The number of carbonyl (C=O) groups excluding carboxylic acids is 1. The molecule has 0 radical (unpaired) electrons. The van der Waals surface area contributed by atoms with Crippen LogP contribution in [0.4, 0.5) is 0 Å². The average molecular weight is 307 g/mol. The largest absolute Gasteiger partial charge is 0.452 e. The number of hydrogen-bond donors (Lipinski definition) is 0. The van der Waals surface area contributed by atoms with Gasteiger partial charge in [0.25, 0.3) is 0 Å². The first-order chi connectivity index (χ1) is 11.1. The second-order valence-corrected chi connectivity index (χ2v) is 5.36. The molecule has 0 bridgehead atoms. The van der Waals surface area contributed by atoms with Crippen LogP contribution in [0.5, 0.6) is 0 Å². The minimum Gasteiger partial charge on any atom is -0.452 e. The highest BCUT2D eigenvalue weighted by atomic mass is 16.5. The number of aryl methyl sites for hydroxylation is 2. The molecule has 0 amide bonds. The van der Waals surface area contributed by atoms with Crippen molar-refractivity contribution in [2.24, 2.45) is 0 Å². The van der Waals surface area contributed by atoms with E-state index in [1.165, 1.54) is 0 Å². The van der Waals surface area contributed by atoms with Crippen molar-refractivity contribution in [1.29, 1.82) is 0 Å². The molecule has 0 spiro atoms. The van der Waals surface area contributed by atoms with Gasteiger partial charge in [-0.2, -0.15) is 0 Å². The number of hydrogen-bond acceptors (Lipinski definition) is 4. The van der Waals surface area contributed by atoms with Crippen LogP contribution >= 0.6 is 0 Å². The lowest BCUT2D eigenvalue weighted by molar-refractivity contribution is 0.0439. The SMILES string of the molecule is Cc1ccc(C(=O)OCc2ncc(-c3ccccc3)o2)cc1C. The Bertz CT molecular complexity index is 822. The van der Waals surface area contributed by atoms with Crippen LogP contribution in [-0.2, 0) is 11.3 Å². The van der Waals surface area contributed by atoms with Gasteiger partial charge in [-0.3, -0.25) is 0 Å². The number of carbonyl (C=O) groups is 1.